The molecule has 0 radical (unpaired) electrons. The van der Waals surface area contributed by atoms with E-state index >= 15 is 0 Å². The van der Waals surface area contributed by atoms with Crippen LogP contribution in [0, 0.1) is 0 Å². The highest BCUT2D eigenvalue weighted by Gasteiger charge is 2.12. The lowest BCUT2D eigenvalue weighted by Gasteiger charge is -2.11. The molecule has 1 N–H and O–H groups in total. The van der Waals surface area contributed by atoms with E-state index in [2.05, 4.69) is 20.0 Å². The molecule has 0 aliphatic rings. The maximum atomic E-state index is 12.2. The number of nitrogens with one attached hydrogen (secondary N) is 1. The van der Waals surface area contributed by atoms with E-state index in [0.717, 1.165) is 0 Å². The number of rotatable bonds is 6. The third-order valence-electron chi connectivity index (χ3n) is 2.69. The number of carbonyl (C=O) groups is 1. The fourth-order valence-corrected chi connectivity index (χ4v) is 1.70. The van der Waals surface area contributed by atoms with E-state index in [0.29, 0.717) is 5.56 Å². The van der Waals surface area contributed by atoms with Crippen molar-refractivity contribution in [3.8, 4) is 11.5 Å². The van der Waals surface area contributed by atoms with E-state index < -0.39 is 6.61 Å². The average Bonchev–Trinajstić information content (AvgIpc) is 2.54. The van der Waals surface area contributed by atoms with Gasteiger partial charge in [-0.25, -0.2) is 4.98 Å². The van der Waals surface area contributed by atoms with E-state index in [-0.39, 0.29) is 29.6 Å². The van der Waals surface area contributed by atoms with Gasteiger partial charge in [-0.3, -0.25) is 9.78 Å². The normalized spacial score (nSPS) is 10.4. The van der Waals surface area contributed by atoms with Gasteiger partial charge in [0.15, 0.2) is 11.5 Å². The zero-order valence-electron chi connectivity index (χ0n) is 11.6. The molecular weight excluding hydrogens is 296 g/mol. The van der Waals surface area contributed by atoms with Gasteiger partial charge in [-0.05, 0) is 17.7 Å². The summed E-state index contributed by atoms with van der Waals surface area (Å²) in [6.45, 7) is -2.75. The molecule has 8 heteroatoms. The highest BCUT2D eigenvalue weighted by molar-refractivity contribution is 5.91. The topological polar surface area (TPSA) is 73.3 Å². The Morgan fingerprint density at radius 3 is 2.77 bits per heavy atom. The number of nitrogens with zero attached hydrogens (tertiary/aromatic N) is 2. The maximum Gasteiger partial charge on any atom is 0.387 e. The molecule has 0 saturated heterocycles. The summed E-state index contributed by atoms with van der Waals surface area (Å²) in [5.41, 5.74) is 0.850. The van der Waals surface area contributed by atoms with Crippen molar-refractivity contribution in [1.29, 1.82) is 0 Å². The summed E-state index contributed by atoms with van der Waals surface area (Å²) in [6.07, 6.45) is 4.22. The highest BCUT2D eigenvalue weighted by Crippen LogP contribution is 2.29. The second-order valence-corrected chi connectivity index (χ2v) is 4.14. The van der Waals surface area contributed by atoms with Crippen LogP contribution in [0.15, 0.2) is 36.8 Å². The van der Waals surface area contributed by atoms with Crippen LogP contribution in [0.3, 0.4) is 0 Å². The lowest BCUT2D eigenvalue weighted by Crippen LogP contribution is -2.23. The summed E-state index contributed by atoms with van der Waals surface area (Å²) < 4.78 is 33.8. The summed E-state index contributed by atoms with van der Waals surface area (Å²) >= 11 is 0. The minimum atomic E-state index is -2.93. The lowest BCUT2D eigenvalue weighted by molar-refractivity contribution is -0.0512. The molecule has 1 aromatic carbocycles. The standard InChI is InChI=1S/C14H13F2N3O3/c1-21-12-6-9(2-3-11(12)22-14(15)16)7-19-13(20)10-8-17-4-5-18-10/h2-6,8,14H,7H2,1H3,(H,19,20). The Morgan fingerprint density at radius 1 is 1.32 bits per heavy atom. The number of aromatic nitrogens is 2. The molecule has 0 unspecified atom stereocenters. The first-order valence-corrected chi connectivity index (χ1v) is 6.26. The molecule has 1 amide bonds. The molecule has 0 bridgehead atoms. The molecule has 0 fully saturated rings. The number of halogens is 2. The molecule has 1 aromatic heterocycles. The zero-order chi connectivity index (χ0) is 15.9. The monoisotopic (exact) mass is 309 g/mol. The summed E-state index contributed by atoms with van der Waals surface area (Å²) in [7, 11) is 1.34. The van der Waals surface area contributed by atoms with Gasteiger partial charge in [0.05, 0.1) is 13.3 Å². The number of hydrogen-bond donors (Lipinski definition) is 1. The van der Waals surface area contributed by atoms with Gasteiger partial charge in [-0.2, -0.15) is 8.78 Å². The van der Waals surface area contributed by atoms with Gasteiger partial charge in [-0.1, -0.05) is 6.07 Å². The van der Waals surface area contributed by atoms with Gasteiger partial charge < -0.3 is 14.8 Å². The number of amides is 1. The predicted octanol–water partition coefficient (Wildman–Crippen LogP) is 2.02. The Kier molecular flexibility index (Phi) is 5.18. The molecule has 0 spiro atoms. The number of ether oxygens (including phenoxy) is 2. The quantitative estimate of drug-likeness (QED) is 0.883. The number of benzene rings is 1. The minimum Gasteiger partial charge on any atom is -0.493 e. The smallest absolute Gasteiger partial charge is 0.387 e. The van der Waals surface area contributed by atoms with Crippen LogP contribution in [-0.4, -0.2) is 29.6 Å². The van der Waals surface area contributed by atoms with Crippen LogP contribution in [-0.2, 0) is 6.54 Å². The van der Waals surface area contributed by atoms with E-state index in [1.807, 2.05) is 0 Å². The second-order valence-electron chi connectivity index (χ2n) is 4.14. The Balaban J connectivity index is 2.03. The van der Waals surface area contributed by atoms with Gasteiger partial charge in [0.25, 0.3) is 5.91 Å². The van der Waals surface area contributed by atoms with E-state index in [1.54, 1.807) is 6.07 Å². The van der Waals surface area contributed by atoms with Crippen molar-refractivity contribution >= 4 is 5.91 Å². The molecule has 2 aromatic rings. The van der Waals surface area contributed by atoms with Crippen molar-refractivity contribution in [1.82, 2.24) is 15.3 Å². The van der Waals surface area contributed by atoms with E-state index in [9.17, 15) is 13.6 Å². The Morgan fingerprint density at radius 2 is 2.14 bits per heavy atom. The van der Waals surface area contributed by atoms with Crippen LogP contribution < -0.4 is 14.8 Å². The Labute approximate surface area is 125 Å². The fourth-order valence-electron chi connectivity index (χ4n) is 1.70. The average molecular weight is 309 g/mol. The van der Waals surface area contributed by atoms with Gasteiger partial charge in [0, 0.05) is 18.9 Å². The third-order valence-corrected chi connectivity index (χ3v) is 2.69. The van der Waals surface area contributed by atoms with Crippen molar-refractivity contribution in [2.75, 3.05) is 7.11 Å². The van der Waals surface area contributed by atoms with Crippen molar-refractivity contribution in [3.05, 3.63) is 48.0 Å². The molecule has 0 aliphatic carbocycles. The van der Waals surface area contributed by atoms with Gasteiger partial charge >= 0.3 is 6.61 Å². The van der Waals surface area contributed by atoms with Crippen molar-refractivity contribution in [2.24, 2.45) is 0 Å². The van der Waals surface area contributed by atoms with E-state index in [1.165, 1.54) is 37.8 Å². The third kappa shape index (κ3) is 4.11. The zero-order valence-corrected chi connectivity index (χ0v) is 11.6. The molecular formula is C14H13F2N3O3. The van der Waals surface area contributed by atoms with Crippen LogP contribution in [0.25, 0.3) is 0 Å². The summed E-state index contributed by atoms with van der Waals surface area (Å²) in [5, 5.41) is 2.64. The first-order valence-electron chi connectivity index (χ1n) is 6.26. The minimum absolute atomic E-state index is 0.0681. The number of carbonyl (C=O) groups excluding carboxylic acids is 1. The van der Waals surface area contributed by atoms with Crippen molar-refractivity contribution < 1.29 is 23.0 Å². The molecule has 2 rings (SSSR count). The summed E-state index contributed by atoms with van der Waals surface area (Å²) in [5.74, 6) is -0.298. The predicted molar refractivity (Wildman–Crippen MR) is 72.8 cm³/mol. The van der Waals surface area contributed by atoms with Crippen molar-refractivity contribution in [3.63, 3.8) is 0 Å². The van der Waals surface area contributed by atoms with Gasteiger partial charge in [0.1, 0.15) is 5.69 Å². The molecule has 0 aliphatic heterocycles. The van der Waals surface area contributed by atoms with Crippen LogP contribution in [0.5, 0.6) is 11.5 Å². The SMILES string of the molecule is COc1cc(CNC(=O)c2cnccn2)ccc1OC(F)F. The highest BCUT2D eigenvalue weighted by atomic mass is 19.3. The van der Waals surface area contributed by atoms with Crippen LogP contribution in [0.4, 0.5) is 8.78 Å². The fraction of sp³-hybridized carbons (Fsp3) is 0.214. The van der Waals surface area contributed by atoms with Crippen LogP contribution >= 0.6 is 0 Å². The number of alkyl halides is 2. The second kappa shape index (κ2) is 7.30. The Hall–Kier alpha value is -2.77. The Bertz CT molecular complexity index is 638. The largest absolute Gasteiger partial charge is 0.493 e. The molecule has 1 heterocycles. The molecule has 6 nitrogen and oxygen atoms in total. The molecule has 22 heavy (non-hydrogen) atoms. The molecule has 0 atom stereocenters. The number of hydrogen-bond acceptors (Lipinski definition) is 5. The lowest BCUT2D eigenvalue weighted by atomic mass is 10.2. The first kappa shape index (κ1) is 15.6. The van der Waals surface area contributed by atoms with Gasteiger partial charge in [0.2, 0.25) is 0 Å². The molecule has 0 saturated carbocycles. The van der Waals surface area contributed by atoms with Gasteiger partial charge in [-0.15, -0.1) is 0 Å². The van der Waals surface area contributed by atoms with E-state index in [4.69, 9.17) is 4.74 Å². The van der Waals surface area contributed by atoms with Crippen LogP contribution in [0.2, 0.25) is 0 Å². The molecule has 116 valence electrons. The number of methoxy groups -OCH3 is 1. The summed E-state index contributed by atoms with van der Waals surface area (Å²) in [6, 6.07) is 4.42. The summed E-state index contributed by atoms with van der Waals surface area (Å²) in [4.78, 5) is 19.5. The van der Waals surface area contributed by atoms with Crippen LogP contribution in [0.1, 0.15) is 16.1 Å². The maximum absolute atomic E-state index is 12.2. The van der Waals surface area contributed by atoms with Crippen molar-refractivity contribution in [2.45, 2.75) is 13.2 Å². The first-order chi connectivity index (χ1) is 10.6.